The minimum atomic E-state index is -5.45. The molecule has 2 fully saturated rings. The minimum Gasteiger partial charge on any atom is -0.459 e. The molecule has 123 heavy (non-hydrogen) atoms. The molecule has 0 radical (unpaired) electrons. The standard InChI is InChI=1S/C79H111BrN20O22S/c1-40(2)61(94-71(112)57-23-17-31-100(57)76(117)53(91-65(106)41(3)87-39-101)33-45-24-26-47(80)27-25-45)72(113)97-64(79(6,7)8)74(115)90-52(34-46-36-86-49-21-15-14-20-48(46)49)67(108)88-50(22-16-30-85-78(83)84)66(107)93-55(38-123(119,120)121)69(110)96-63-43(5)122-60(105)37-98(9)75(116)54(35-59(82)104)92-73(114)62(42(4)102)95-68(109)51(32-44-18-12-11-13-19-44)89-70(111)56(28-29-58(81)103)99(10)77(63)118/h11-15,18-21,24-27,36,39-43,50-57,61-64,86,102H,16-17,22-23,28-35,37-38H2,1-10H3,(H2,81,103)(H2,82,104)(H,87,101)(H,88,108)(H,89,111)(H,90,115)(H,91,106)(H,92,114)(H,93,107)(H,94,112)(H,95,109)(H,96,110)(H,97,113)(H4,83,84,85)(H,119,120,121). The van der Waals surface area contributed by atoms with Crippen LogP contribution in [0.15, 0.2) is 89.5 Å². The Kier molecular flexibility index (Phi) is 37.0. The number of aromatic nitrogens is 1. The van der Waals surface area contributed by atoms with Crippen molar-refractivity contribution in [1.29, 1.82) is 5.41 Å². The van der Waals surface area contributed by atoms with Gasteiger partial charge in [-0.25, -0.2) is 0 Å². The van der Waals surface area contributed by atoms with E-state index in [4.69, 9.17) is 27.3 Å². The summed E-state index contributed by atoms with van der Waals surface area (Å²) in [6.07, 6.45) is -5.06. The summed E-state index contributed by atoms with van der Waals surface area (Å²) in [5.74, 6) is -20.9. The van der Waals surface area contributed by atoms with Crippen molar-refractivity contribution >= 4 is 144 Å². The summed E-state index contributed by atoms with van der Waals surface area (Å²) in [6, 6.07) is -0.726. The van der Waals surface area contributed by atoms with Gasteiger partial charge in [0.1, 0.15) is 96.9 Å². The van der Waals surface area contributed by atoms with Gasteiger partial charge in [0.25, 0.3) is 10.1 Å². The number of guanidine groups is 1. The zero-order chi connectivity index (χ0) is 91.7. The Morgan fingerprint density at radius 1 is 0.707 bits per heavy atom. The lowest BCUT2D eigenvalue weighted by molar-refractivity contribution is -0.158. The van der Waals surface area contributed by atoms with Gasteiger partial charge >= 0.3 is 5.97 Å². The Balaban J connectivity index is 1.36. The summed E-state index contributed by atoms with van der Waals surface area (Å²) in [5, 5.41) is 49.0. The van der Waals surface area contributed by atoms with E-state index >= 15 is 24.0 Å². The molecule has 6 rings (SSSR count). The van der Waals surface area contributed by atoms with E-state index in [0.29, 0.717) is 50.2 Å². The average Bonchev–Trinajstić information content (AvgIpc) is 1.49. The van der Waals surface area contributed by atoms with E-state index in [1.807, 2.05) is 0 Å². The Labute approximate surface area is 718 Å². The third kappa shape index (κ3) is 30.1. The van der Waals surface area contributed by atoms with Gasteiger partial charge in [-0.15, -0.1) is 0 Å². The molecule has 15 atom stereocenters. The van der Waals surface area contributed by atoms with Crippen molar-refractivity contribution in [3.8, 4) is 0 Å². The van der Waals surface area contributed by atoms with Crippen LogP contribution >= 0.6 is 15.9 Å². The SMILES string of the molecule is CC(NC=O)C(=O)NC(Cc1ccc(Br)cc1)C(=O)N1CCCC1C(=O)NC(C(=O)NC(C(=O)NC(Cc1c[nH]c2ccccc12)C(=O)NC(CCCNC(=N)N)C(=O)NC(CS(=O)(=O)O)C(=O)NC1C(=O)N(C)C(CCC(N)=O)C(=O)NC(Cc2ccccc2)C(=O)NC(C(C)O)C(=O)NC(CC(N)=O)C(=O)N(C)CC(=O)OC1C)C(C)(C)C)C(C)C. The first-order valence-electron chi connectivity index (χ1n) is 39.5. The van der Waals surface area contributed by atoms with Gasteiger partial charge in [0.15, 0.2) is 5.96 Å². The van der Waals surface area contributed by atoms with E-state index in [9.17, 15) is 75.6 Å². The van der Waals surface area contributed by atoms with E-state index in [-0.39, 0.29) is 45.2 Å². The monoisotopic (exact) mass is 1800 g/mol. The molecule has 2 saturated heterocycles. The van der Waals surface area contributed by atoms with Gasteiger partial charge in [-0.05, 0) is 99.1 Å². The number of aromatic amines is 1. The maximum absolute atomic E-state index is 15.4. The molecule has 16 amide bonds. The molecule has 0 aliphatic carbocycles. The lowest BCUT2D eigenvalue weighted by Crippen LogP contribution is -2.64. The van der Waals surface area contributed by atoms with Crippen molar-refractivity contribution in [1.82, 2.24) is 83.5 Å². The van der Waals surface area contributed by atoms with Crippen LogP contribution in [-0.2, 0) is 116 Å². The topological polar surface area (TPSA) is 646 Å². The molecular formula is C79H111BrN20O22S. The molecule has 4 aromatic rings. The van der Waals surface area contributed by atoms with Gasteiger partial charge in [0.2, 0.25) is 95.0 Å². The Hall–Kier alpha value is -12.2. The highest BCUT2D eigenvalue weighted by atomic mass is 79.9. The summed E-state index contributed by atoms with van der Waals surface area (Å²) < 4.78 is 43.1. The largest absolute Gasteiger partial charge is 0.459 e. The molecule has 2 aliphatic rings. The van der Waals surface area contributed by atoms with E-state index < -0.39 is 251 Å². The van der Waals surface area contributed by atoms with Crippen molar-refractivity contribution < 1.29 is 104 Å². The summed E-state index contributed by atoms with van der Waals surface area (Å²) in [6.45, 7) is 10.3. The number of likely N-dealkylation sites (tertiary alicyclic amines) is 1. The average molecular weight is 1800 g/mol. The van der Waals surface area contributed by atoms with Crippen LogP contribution in [0.2, 0.25) is 0 Å². The summed E-state index contributed by atoms with van der Waals surface area (Å²) in [7, 11) is -3.48. The molecule has 44 heteroatoms. The van der Waals surface area contributed by atoms with Crippen molar-refractivity contribution in [3.63, 3.8) is 0 Å². The number of carbonyl (C=O) groups is 17. The molecule has 3 heterocycles. The van der Waals surface area contributed by atoms with Gasteiger partial charge in [-0.2, -0.15) is 8.42 Å². The highest BCUT2D eigenvalue weighted by Gasteiger charge is 2.45. The van der Waals surface area contributed by atoms with Crippen LogP contribution in [0.5, 0.6) is 0 Å². The number of benzene rings is 3. The fraction of sp³-hybridized carbons (Fsp3) is 0.519. The molecule has 2 aliphatic heterocycles. The molecule has 0 saturated carbocycles. The maximum Gasteiger partial charge on any atom is 0.325 e. The number of nitrogens with zero attached hydrogens (tertiary/aromatic N) is 3. The number of nitrogens with one attached hydrogen (secondary N) is 14. The van der Waals surface area contributed by atoms with Crippen molar-refractivity contribution in [2.45, 2.75) is 210 Å². The highest BCUT2D eigenvalue weighted by Crippen LogP contribution is 2.26. The number of primary amides is 2. The third-order valence-corrected chi connectivity index (χ3v) is 21.7. The number of ether oxygens (including phenoxy) is 1. The number of halogens is 1. The number of hydrogen-bond donors (Lipinski definition) is 19. The second-order valence-electron chi connectivity index (χ2n) is 31.7. The first-order valence-corrected chi connectivity index (χ1v) is 41.9. The highest BCUT2D eigenvalue weighted by molar-refractivity contribution is 9.10. The van der Waals surface area contributed by atoms with Crippen LogP contribution in [0.4, 0.5) is 0 Å². The number of fused-ring (bicyclic) bond motifs is 1. The number of hydrogen-bond acceptors (Lipinski definition) is 22. The number of aliphatic hydroxyl groups is 1. The van der Waals surface area contributed by atoms with Crippen LogP contribution in [0.25, 0.3) is 10.9 Å². The molecule has 672 valence electrons. The fourth-order valence-electron chi connectivity index (χ4n) is 13.7. The number of cyclic esters (lactones) is 1. The first kappa shape index (κ1) is 99.6. The Morgan fingerprint density at radius 2 is 1.33 bits per heavy atom. The van der Waals surface area contributed by atoms with Crippen molar-refractivity contribution in [3.05, 3.63) is 106 Å². The summed E-state index contributed by atoms with van der Waals surface area (Å²) in [4.78, 5) is 247. The van der Waals surface area contributed by atoms with Crippen LogP contribution < -0.4 is 81.0 Å². The van der Waals surface area contributed by atoms with Gasteiger partial charge in [0.05, 0.1) is 12.5 Å². The van der Waals surface area contributed by atoms with Gasteiger partial charge < -0.3 is 111 Å². The predicted octanol–water partition coefficient (Wildman–Crippen LogP) is -4.46. The zero-order valence-corrected chi connectivity index (χ0v) is 72.1. The van der Waals surface area contributed by atoms with Gasteiger partial charge in [0, 0.05) is 74.4 Å². The molecule has 0 spiro atoms. The van der Waals surface area contributed by atoms with E-state index in [2.05, 4.69) is 84.7 Å². The van der Waals surface area contributed by atoms with Crippen LogP contribution in [0, 0.1) is 16.7 Å². The molecular weight excluding hydrogens is 1690 g/mol. The number of nitrogens with two attached hydrogens (primary N) is 3. The van der Waals surface area contributed by atoms with Crippen molar-refractivity contribution in [2.24, 2.45) is 28.5 Å². The van der Waals surface area contributed by atoms with Crippen molar-refractivity contribution in [2.75, 3.05) is 39.5 Å². The number of H-pyrrole nitrogens is 1. The fourth-order valence-corrected chi connectivity index (χ4v) is 14.7. The number of esters is 1. The minimum absolute atomic E-state index is 0.0139. The Morgan fingerprint density at radius 3 is 1.93 bits per heavy atom. The summed E-state index contributed by atoms with van der Waals surface area (Å²) in [5.41, 5.74) is 17.4. The smallest absolute Gasteiger partial charge is 0.325 e. The molecule has 3 aromatic carbocycles. The zero-order valence-electron chi connectivity index (χ0n) is 69.7. The normalized spacial score (nSPS) is 20.4. The lowest BCUT2D eigenvalue weighted by atomic mass is 9.85. The molecule has 22 N–H and O–H groups in total. The Bertz CT molecular complexity index is 4650. The van der Waals surface area contributed by atoms with Crippen LogP contribution in [0.3, 0.4) is 0 Å². The number of likely N-dealkylation sites (N-methyl/N-ethyl adjacent to an activating group) is 2. The van der Waals surface area contributed by atoms with Crippen LogP contribution in [-0.4, -0.2) is 275 Å². The summed E-state index contributed by atoms with van der Waals surface area (Å²) >= 11 is 3.39. The third-order valence-electron chi connectivity index (χ3n) is 20.4. The molecule has 42 nitrogen and oxygen atoms in total. The molecule has 0 bridgehead atoms. The molecule has 1 aromatic heterocycles. The molecule has 15 unspecified atom stereocenters. The van der Waals surface area contributed by atoms with E-state index in [1.54, 1.807) is 113 Å². The second kappa shape index (κ2) is 45.6. The lowest BCUT2D eigenvalue weighted by Gasteiger charge is -2.34. The number of para-hydroxylation sites is 1. The van der Waals surface area contributed by atoms with E-state index in [1.165, 1.54) is 18.0 Å². The maximum atomic E-state index is 15.4. The predicted molar refractivity (Wildman–Crippen MR) is 446 cm³/mol. The van der Waals surface area contributed by atoms with Gasteiger partial charge in [-0.3, -0.25) is 91.5 Å². The quantitative estimate of drug-likeness (QED) is 0.00510. The first-order chi connectivity index (χ1) is 57.7. The van der Waals surface area contributed by atoms with E-state index in [0.717, 1.165) is 32.4 Å². The van der Waals surface area contributed by atoms with Gasteiger partial charge in [-0.1, -0.05) is 111 Å². The number of carbonyl (C=O) groups excluding carboxylic acids is 17. The van der Waals surface area contributed by atoms with Crippen LogP contribution in [0.1, 0.15) is 117 Å². The second-order valence-corrected chi connectivity index (χ2v) is 34.1. The number of rotatable bonds is 36. The number of aliphatic hydroxyl groups excluding tert-OH is 1. The number of amides is 16.